The molecule has 1 unspecified atom stereocenters. The average molecular weight is 384 g/mol. The predicted octanol–water partition coefficient (Wildman–Crippen LogP) is 3.54. The number of hydrogen-bond donors (Lipinski definition) is 1. The van der Waals surface area contributed by atoms with Crippen LogP contribution in [0.1, 0.15) is 23.4 Å². The number of nitrogens with one attached hydrogen (secondary N) is 1. The average Bonchev–Trinajstić information content (AvgIpc) is 3.40. The summed E-state index contributed by atoms with van der Waals surface area (Å²) in [6.45, 7) is 3.74. The lowest BCUT2D eigenvalue weighted by atomic mass is 10.0. The molecule has 146 valence electrons. The normalized spacial score (nSPS) is 16.0. The Morgan fingerprint density at radius 1 is 1.07 bits per heavy atom. The van der Waals surface area contributed by atoms with E-state index in [2.05, 4.69) is 64.9 Å². The van der Waals surface area contributed by atoms with Crippen molar-refractivity contribution < 1.29 is 0 Å². The zero-order chi connectivity index (χ0) is 19.6. The van der Waals surface area contributed by atoms with Crippen LogP contribution in [0.2, 0.25) is 0 Å². The van der Waals surface area contributed by atoms with E-state index in [0.29, 0.717) is 6.04 Å². The first kappa shape index (κ1) is 17.8. The van der Waals surface area contributed by atoms with Crippen molar-refractivity contribution in [1.29, 1.82) is 0 Å². The van der Waals surface area contributed by atoms with E-state index in [1.54, 1.807) is 6.33 Å². The minimum absolute atomic E-state index is 0.384. The number of benzene rings is 2. The molecule has 1 aliphatic rings. The van der Waals surface area contributed by atoms with Gasteiger partial charge in [0, 0.05) is 36.3 Å². The van der Waals surface area contributed by atoms with Crippen molar-refractivity contribution in [1.82, 2.24) is 29.9 Å². The number of para-hydroxylation sites is 1. The molecule has 2 aromatic heterocycles. The van der Waals surface area contributed by atoms with Gasteiger partial charge < -0.3 is 5.32 Å². The SMILES string of the molecule is Cc1ccc(-c2nn(-c3ccccc3)cc2CNC2CCc3ncnn3C2)cc1. The van der Waals surface area contributed by atoms with E-state index >= 15 is 0 Å². The van der Waals surface area contributed by atoms with Crippen LogP contribution in [0.25, 0.3) is 16.9 Å². The summed E-state index contributed by atoms with van der Waals surface area (Å²) in [5.74, 6) is 1.08. The third-order valence-corrected chi connectivity index (χ3v) is 5.52. The molecule has 3 heterocycles. The Kier molecular flexibility index (Phi) is 4.69. The molecule has 1 aliphatic heterocycles. The quantitative estimate of drug-likeness (QED) is 0.572. The van der Waals surface area contributed by atoms with Crippen LogP contribution in [0.4, 0.5) is 0 Å². The molecule has 1 atom stereocenters. The minimum Gasteiger partial charge on any atom is -0.308 e. The summed E-state index contributed by atoms with van der Waals surface area (Å²) in [6.07, 6.45) is 5.83. The zero-order valence-electron chi connectivity index (χ0n) is 16.5. The molecule has 29 heavy (non-hydrogen) atoms. The summed E-state index contributed by atoms with van der Waals surface area (Å²) in [7, 11) is 0. The van der Waals surface area contributed by atoms with Crippen molar-refractivity contribution in [2.75, 3.05) is 0 Å². The van der Waals surface area contributed by atoms with Gasteiger partial charge in [-0.2, -0.15) is 10.2 Å². The summed E-state index contributed by atoms with van der Waals surface area (Å²) >= 11 is 0. The van der Waals surface area contributed by atoms with Gasteiger partial charge in [-0.1, -0.05) is 48.0 Å². The molecule has 6 nitrogen and oxygen atoms in total. The lowest BCUT2D eigenvalue weighted by Crippen LogP contribution is -2.37. The van der Waals surface area contributed by atoms with Crippen LogP contribution in [0.5, 0.6) is 0 Å². The lowest BCUT2D eigenvalue weighted by Gasteiger charge is -2.23. The summed E-state index contributed by atoms with van der Waals surface area (Å²) in [4.78, 5) is 4.32. The smallest absolute Gasteiger partial charge is 0.138 e. The van der Waals surface area contributed by atoms with Gasteiger partial charge in [0.2, 0.25) is 0 Å². The number of aryl methyl sites for hydroxylation is 2. The molecule has 0 radical (unpaired) electrons. The topological polar surface area (TPSA) is 60.6 Å². The van der Waals surface area contributed by atoms with E-state index in [-0.39, 0.29) is 0 Å². The Balaban J connectivity index is 1.41. The molecule has 0 saturated carbocycles. The number of fused-ring (bicyclic) bond motifs is 1. The maximum atomic E-state index is 4.92. The minimum atomic E-state index is 0.384. The fraction of sp³-hybridized carbons (Fsp3) is 0.261. The fourth-order valence-corrected chi connectivity index (χ4v) is 3.86. The van der Waals surface area contributed by atoms with Crippen LogP contribution >= 0.6 is 0 Å². The van der Waals surface area contributed by atoms with Crippen LogP contribution < -0.4 is 5.32 Å². The Labute approximate surface area is 170 Å². The van der Waals surface area contributed by atoms with E-state index in [0.717, 1.165) is 48.7 Å². The van der Waals surface area contributed by atoms with E-state index in [4.69, 9.17) is 5.10 Å². The van der Waals surface area contributed by atoms with Gasteiger partial charge in [0.1, 0.15) is 12.2 Å². The highest BCUT2D eigenvalue weighted by Crippen LogP contribution is 2.25. The Morgan fingerprint density at radius 3 is 2.72 bits per heavy atom. The van der Waals surface area contributed by atoms with Crippen molar-refractivity contribution in [2.24, 2.45) is 0 Å². The number of nitrogens with zero attached hydrogens (tertiary/aromatic N) is 5. The van der Waals surface area contributed by atoms with Crippen LogP contribution in [0.3, 0.4) is 0 Å². The Hall–Kier alpha value is -3.25. The number of aromatic nitrogens is 5. The third kappa shape index (κ3) is 3.71. The molecule has 2 aromatic carbocycles. The van der Waals surface area contributed by atoms with Crippen LogP contribution in [0.15, 0.2) is 67.1 Å². The molecule has 5 rings (SSSR count). The molecule has 0 saturated heterocycles. The summed E-state index contributed by atoms with van der Waals surface area (Å²) in [5, 5.41) is 13.0. The van der Waals surface area contributed by atoms with Crippen molar-refractivity contribution in [3.05, 3.63) is 84.1 Å². The van der Waals surface area contributed by atoms with Crippen LogP contribution in [-0.2, 0) is 19.5 Å². The summed E-state index contributed by atoms with van der Waals surface area (Å²) < 4.78 is 3.98. The van der Waals surface area contributed by atoms with E-state index in [1.807, 2.05) is 27.6 Å². The second-order valence-corrected chi connectivity index (χ2v) is 7.62. The van der Waals surface area contributed by atoms with Crippen LogP contribution in [-0.4, -0.2) is 30.6 Å². The molecule has 4 aromatic rings. The fourth-order valence-electron chi connectivity index (χ4n) is 3.86. The zero-order valence-corrected chi connectivity index (χ0v) is 16.5. The van der Waals surface area contributed by atoms with Gasteiger partial charge in [-0.25, -0.2) is 14.3 Å². The predicted molar refractivity (Wildman–Crippen MR) is 113 cm³/mol. The first-order chi connectivity index (χ1) is 14.3. The standard InChI is InChI=1S/C23H24N6/c1-17-7-9-18(10-8-17)23-19(14-28(27-23)21-5-3-2-4-6-21)13-24-20-11-12-22-25-16-26-29(22)15-20/h2-10,14,16,20,24H,11-13,15H2,1H3. The summed E-state index contributed by atoms with van der Waals surface area (Å²) in [6, 6.07) is 19.2. The molecule has 0 aliphatic carbocycles. The molecule has 0 spiro atoms. The highest BCUT2D eigenvalue weighted by Gasteiger charge is 2.20. The Morgan fingerprint density at radius 2 is 1.90 bits per heavy atom. The van der Waals surface area contributed by atoms with Gasteiger partial charge >= 0.3 is 0 Å². The van der Waals surface area contributed by atoms with Gasteiger partial charge in [0.25, 0.3) is 0 Å². The first-order valence-electron chi connectivity index (χ1n) is 10.1. The largest absolute Gasteiger partial charge is 0.308 e. The molecule has 0 bridgehead atoms. The van der Waals surface area contributed by atoms with Gasteiger partial charge in [-0.15, -0.1) is 0 Å². The van der Waals surface area contributed by atoms with Gasteiger partial charge in [-0.05, 0) is 25.5 Å². The van der Waals surface area contributed by atoms with E-state index in [9.17, 15) is 0 Å². The lowest BCUT2D eigenvalue weighted by molar-refractivity contribution is 0.358. The van der Waals surface area contributed by atoms with Crippen LogP contribution in [0, 0.1) is 6.92 Å². The second-order valence-electron chi connectivity index (χ2n) is 7.62. The van der Waals surface area contributed by atoms with Gasteiger partial charge in [0.05, 0.1) is 17.9 Å². The van der Waals surface area contributed by atoms with Gasteiger partial charge in [0.15, 0.2) is 0 Å². The van der Waals surface area contributed by atoms with Crippen molar-refractivity contribution in [3.63, 3.8) is 0 Å². The molecule has 1 N–H and O–H groups in total. The second kappa shape index (κ2) is 7.64. The Bertz CT molecular complexity index is 1090. The van der Waals surface area contributed by atoms with Crippen molar-refractivity contribution in [2.45, 2.75) is 38.9 Å². The molecular weight excluding hydrogens is 360 g/mol. The number of hydrogen-bond acceptors (Lipinski definition) is 4. The molecule has 0 fully saturated rings. The van der Waals surface area contributed by atoms with Gasteiger partial charge in [-0.3, -0.25) is 0 Å². The summed E-state index contributed by atoms with van der Waals surface area (Å²) in [5.41, 5.74) is 5.68. The molecule has 6 heteroatoms. The maximum absolute atomic E-state index is 4.92. The highest BCUT2D eigenvalue weighted by molar-refractivity contribution is 5.63. The van der Waals surface area contributed by atoms with E-state index < -0.39 is 0 Å². The molecule has 0 amide bonds. The number of rotatable bonds is 5. The maximum Gasteiger partial charge on any atom is 0.138 e. The first-order valence-corrected chi connectivity index (χ1v) is 10.1. The van der Waals surface area contributed by atoms with Crippen molar-refractivity contribution >= 4 is 0 Å². The molecular formula is C23H24N6. The van der Waals surface area contributed by atoms with E-state index in [1.165, 1.54) is 11.1 Å². The van der Waals surface area contributed by atoms with Crippen molar-refractivity contribution in [3.8, 4) is 16.9 Å². The highest BCUT2D eigenvalue weighted by atomic mass is 15.3. The monoisotopic (exact) mass is 384 g/mol. The third-order valence-electron chi connectivity index (χ3n) is 5.52.